The molecule has 114 valence electrons. The van der Waals surface area contributed by atoms with E-state index >= 15 is 0 Å². The van der Waals surface area contributed by atoms with E-state index in [1.165, 1.54) is 0 Å². The van der Waals surface area contributed by atoms with Gasteiger partial charge in [0.1, 0.15) is 0 Å². The number of rotatable bonds is 8. The lowest BCUT2D eigenvalue weighted by atomic mass is 10.1. The van der Waals surface area contributed by atoms with Crippen LogP contribution in [0.2, 0.25) is 0 Å². The van der Waals surface area contributed by atoms with Gasteiger partial charge in [0.2, 0.25) is 10.0 Å². The zero-order valence-corrected chi connectivity index (χ0v) is 14.2. The predicted octanol–water partition coefficient (Wildman–Crippen LogP) is 2.13. The molecule has 4 nitrogen and oxygen atoms in total. The van der Waals surface area contributed by atoms with E-state index < -0.39 is 10.0 Å². The lowest BCUT2D eigenvalue weighted by Gasteiger charge is -2.13. The molecule has 1 rings (SSSR count). The first kappa shape index (κ1) is 17.5. The summed E-state index contributed by atoms with van der Waals surface area (Å²) in [6.07, 6.45) is 1.97. The molecular formula is C14H24N2O2S2. The van der Waals surface area contributed by atoms with Crippen LogP contribution in [0.15, 0.2) is 23.1 Å². The Morgan fingerprint density at radius 3 is 2.65 bits per heavy atom. The predicted molar refractivity (Wildman–Crippen MR) is 86.7 cm³/mol. The number of aryl methyl sites for hydroxylation is 1. The molecular weight excluding hydrogens is 292 g/mol. The Kier molecular flexibility index (Phi) is 7.02. The SMILES string of the molecule is CCNCc1ccc(C)c(S(=O)(=O)NCC(C)SC)c1. The van der Waals surface area contributed by atoms with Gasteiger partial charge in [-0.25, -0.2) is 13.1 Å². The van der Waals surface area contributed by atoms with Crippen molar-refractivity contribution in [2.45, 2.75) is 37.5 Å². The highest BCUT2D eigenvalue weighted by atomic mass is 32.2. The molecule has 1 aromatic carbocycles. The minimum atomic E-state index is -3.43. The molecule has 0 aromatic heterocycles. The number of sulfonamides is 1. The Morgan fingerprint density at radius 1 is 1.35 bits per heavy atom. The van der Waals surface area contributed by atoms with Gasteiger partial charge >= 0.3 is 0 Å². The van der Waals surface area contributed by atoms with E-state index in [9.17, 15) is 8.42 Å². The fourth-order valence-electron chi connectivity index (χ4n) is 1.70. The standard InChI is InChI=1S/C14H24N2O2S2/c1-5-15-10-13-7-6-11(2)14(8-13)20(17,18)16-9-12(3)19-4/h6-8,12,15-16H,5,9-10H2,1-4H3. The second-order valence-electron chi connectivity index (χ2n) is 4.78. The molecule has 20 heavy (non-hydrogen) atoms. The molecule has 0 radical (unpaired) electrons. The van der Waals surface area contributed by atoms with E-state index in [1.54, 1.807) is 17.8 Å². The molecule has 6 heteroatoms. The van der Waals surface area contributed by atoms with Gasteiger partial charge in [-0.1, -0.05) is 26.0 Å². The zero-order valence-electron chi connectivity index (χ0n) is 12.6. The Balaban J connectivity index is 2.92. The van der Waals surface area contributed by atoms with Crippen molar-refractivity contribution in [3.63, 3.8) is 0 Å². The minimum absolute atomic E-state index is 0.259. The molecule has 0 bridgehead atoms. The molecule has 1 aromatic rings. The highest BCUT2D eigenvalue weighted by Gasteiger charge is 2.17. The van der Waals surface area contributed by atoms with Crippen LogP contribution in [0, 0.1) is 6.92 Å². The van der Waals surface area contributed by atoms with Crippen molar-refractivity contribution < 1.29 is 8.42 Å². The van der Waals surface area contributed by atoms with E-state index in [0.29, 0.717) is 18.0 Å². The maximum absolute atomic E-state index is 12.4. The van der Waals surface area contributed by atoms with Crippen LogP contribution in [0.4, 0.5) is 0 Å². The van der Waals surface area contributed by atoms with Crippen LogP contribution in [-0.2, 0) is 16.6 Å². The molecule has 1 atom stereocenters. The van der Waals surface area contributed by atoms with Crippen LogP contribution in [0.25, 0.3) is 0 Å². The number of thioether (sulfide) groups is 1. The van der Waals surface area contributed by atoms with Crippen LogP contribution in [0.5, 0.6) is 0 Å². The molecule has 0 aliphatic carbocycles. The fraction of sp³-hybridized carbons (Fsp3) is 0.571. The second kappa shape index (κ2) is 8.02. The van der Waals surface area contributed by atoms with Crippen molar-refractivity contribution >= 4 is 21.8 Å². The van der Waals surface area contributed by atoms with E-state index in [4.69, 9.17) is 0 Å². The molecule has 0 spiro atoms. The summed E-state index contributed by atoms with van der Waals surface area (Å²) in [6, 6.07) is 5.57. The van der Waals surface area contributed by atoms with Gasteiger partial charge in [0.15, 0.2) is 0 Å². The third-order valence-corrected chi connectivity index (χ3v) is 5.62. The topological polar surface area (TPSA) is 58.2 Å². The first-order valence-electron chi connectivity index (χ1n) is 6.73. The van der Waals surface area contributed by atoms with Gasteiger partial charge in [0.05, 0.1) is 4.90 Å². The second-order valence-corrected chi connectivity index (χ2v) is 7.79. The van der Waals surface area contributed by atoms with Gasteiger partial charge in [0.25, 0.3) is 0 Å². The molecule has 2 N–H and O–H groups in total. The summed E-state index contributed by atoms with van der Waals surface area (Å²) in [4.78, 5) is 0.376. The van der Waals surface area contributed by atoms with E-state index in [0.717, 1.165) is 17.7 Å². The van der Waals surface area contributed by atoms with Crippen LogP contribution in [0.3, 0.4) is 0 Å². The van der Waals surface area contributed by atoms with Crippen molar-refractivity contribution in [1.29, 1.82) is 0 Å². The molecule has 0 saturated heterocycles. The zero-order chi connectivity index (χ0) is 15.2. The average Bonchev–Trinajstić information content (AvgIpc) is 2.43. The Labute approximate surface area is 126 Å². The average molecular weight is 316 g/mol. The van der Waals surface area contributed by atoms with Crippen LogP contribution in [-0.4, -0.2) is 33.0 Å². The van der Waals surface area contributed by atoms with Crippen molar-refractivity contribution in [2.75, 3.05) is 19.3 Å². The molecule has 0 aliphatic heterocycles. The summed E-state index contributed by atoms with van der Waals surface area (Å²) < 4.78 is 27.4. The van der Waals surface area contributed by atoms with Gasteiger partial charge < -0.3 is 5.32 Å². The lowest BCUT2D eigenvalue weighted by molar-refractivity contribution is 0.580. The summed E-state index contributed by atoms with van der Waals surface area (Å²) in [6.45, 7) is 7.84. The molecule has 0 aliphatic rings. The monoisotopic (exact) mass is 316 g/mol. The van der Waals surface area contributed by atoms with Gasteiger partial charge in [-0.3, -0.25) is 0 Å². The summed E-state index contributed by atoms with van der Waals surface area (Å²) in [5, 5.41) is 3.46. The third kappa shape index (κ3) is 5.09. The van der Waals surface area contributed by atoms with Crippen LogP contribution in [0.1, 0.15) is 25.0 Å². The lowest BCUT2D eigenvalue weighted by Crippen LogP contribution is -2.30. The summed E-state index contributed by atoms with van der Waals surface area (Å²) >= 11 is 1.64. The van der Waals surface area contributed by atoms with E-state index in [-0.39, 0.29) is 5.25 Å². The van der Waals surface area contributed by atoms with Crippen LogP contribution >= 0.6 is 11.8 Å². The van der Waals surface area contributed by atoms with Gasteiger partial charge in [0, 0.05) is 18.3 Å². The first-order valence-corrected chi connectivity index (χ1v) is 9.50. The van der Waals surface area contributed by atoms with E-state index in [1.807, 2.05) is 39.2 Å². The first-order chi connectivity index (χ1) is 9.40. The molecule has 0 amide bonds. The minimum Gasteiger partial charge on any atom is -0.313 e. The largest absolute Gasteiger partial charge is 0.313 e. The van der Waals surface area contributed by atoms with Crippen molar-refractivity contribution in [3.05, 3.63) is 29.3 Å². The summed E-state index contributed by atoms with van der Waals surface area (Å²) in [7, 11) is -3.43. The quantitative estimate of drug-likeness (QED) is 0.771. The summed E-state index contributed by atoms with van der Waals surface area (Å²) in [5.74, 6) is 0. The van der Waals surface area contributed by atoms with Gasteiger partial charge in [-0.15, -0.1) is 0 Å². The third-order valence-electron chi connectivity index (χ3n) is 3.08. The maximum atomic E-state index is 12.4. The van der Waals surface area contributed by atoms with Crippen molar-refractivity contribution in [1.82, 2.24) is 10.0 Å². The van der Waals surface area contributed by atoms with Crippen molar-refractivity contribution in [3.8, 4) is 0 Å². The van der Waals surface area contributed by atoms with Gasteiger partial charge in [-0.2, -0.15) is 11.8 Å². The number of hydrogen-bond acceptors (Lipinski definition) is 4. The normalized spacial score (nSPS) is 13.4. The number of hydrogen-bond donors (Lipinski definition) is 2. The fourth-order valence-corrected chi connectivity index (χ4v) is 3.48. The Morgan fingerprint density at radius 2 is 2.05 bits per heavy atom. The highest BCUT2D eigenvalue weighted by Crippen LogP contribution is 2.17. The van der Waals surface area contributed by atoms with Gasteiger partial charge in [-0.05, 0) is 36.9 Å². The number of nitrogens with one attached hydrogen (secondary N) is 2. The molecule has 1 unspecified atom stereocenters. The maximum Gasteiger partial charge on any atom is 0.240 e. The van der Waals surface area contributed by atoms with E-state index in [2.05, 4.69) is 10.0 Å². The smallest absolute Gasteiger partial charge is 0.240 e. The molecule has 0 heterocycles. The Bertz CT molecular complexity index is 530. The Hall–Kier alpha value is -0.560. The highest BCUT2D eigenvalue weighted by molar-refractivity contribution is 7.99. The summed E-state index contributed by atoms with van der Waals surface area (Å²) in [5.41, 5.74) is 1.75. The number of benzene rings is 1. The molecule has 0 saturated carbocycles. The van der Waals surface area contributed by atoms with Crippen LogP contribution < -0.4 is 10.0 Å². The van der Waals surface area contributed by atoms with Crippen molar-refractivity contribution in [2.24, 2.45) is 0 Å². The molecule has 0 fully saturated rings.